The van der Waals surface area contributed by atoms with Gasteiger partial charge in [0.05, 0.1) is 0 Å². The van der Waals surface area contributed by atoms with Crippen LogP contribution < -0.4 is 0 Å². The number of ether oxygens (including phenoxy) is 1. The van der Waals surface area contributed by atoms with E-state index in [0.717, 1.165) is 0 Å². The first-order chi connectivity index (χ1) is 9.73. The van der Waals surface area contributed by atoms with Gasteiger partial charge in [-0.2, -0.15) is 0 Å². The van der Waals surface area contributed by atoms with Gasteiger partial charge in [0.25, 0.3) is 0 Å². The third kappa shape index (κ3) is 5.91. The molecule has 1 fully saturated rings. The van der Waals surface area contributed by atoms with Crippen molar-refractivity contribution in [1.29, 1.82) is 0 Å². The van der Waals surface area contributed by atoms with Crippen LogP contribution >= 0.6 is 0 Å². The van der Waals surface area contributed by atoms with Crippen LogP contribution in [0.4, 0.5) is 0 Å². The van der Waals surface area contributed by atoms with E-state index in [9.17, 15) is 32.6 Å². The molecule has 132 valence electrons. The minimum atomic E-state index is -4.76. The maximum absolute atomic E-state index is 11.8. The predicted octanol–water partition coefficient (Wildman–Crippen LogP) is -2.00. The molecule has 1 unspecified atom stereocenters. The van der Waals surface area contributed by atoms with Gasteiger partial charge >= 0.3 is 130 Å². The topological polar surface area (TPSA) is 171 Å². The number of hydrogen-bond donors (Lipinski definition) is 5. The van der Waals surface area contributed by atoms with Crippen molar-refractivity contribution in [2.45, 2.75) is 53.3 Å². The molecule has 0 bridgehead atoms. The van der Waals surface area contributed by atoms with E-state index in [0.29, 0.717) is 0 Å². The van der Waals surface area contributed by atoms with Crippen molar-refractivity contribution >= 4 is 23.9 Å². The Morgan fingerprint density at radius 3 is 2.36 bits per heavy atom. The van der Waals surface area contributed by atoms with Crippen LogP contribution in [-0.2, 0) is 23.1 Å². The Morgan fingerprint density at radius 2 is 1.91 bits per heavy atom. The van der Waals surface area contributed by atoms with Gasteiger partial charge in [0.15, 0.2) is 0 Å². The van der Waals surface area contributed by atoms with Crippen LogP contribution in [0.25, 0.3) is 0 Å². The molecule has 0 radical (unpaired) electrons. The first-order valence-corrected chi connectivity index (χ1v) is 13.5. The fourth-order valence-corrected chi connectivity index (χ4v) is 4.94. The van der Waals surface area contributed by atoms with E-state index >= 15 is 0 Å². The Balaban J connectivity index is 2.70. The number of hydrogen-bond acceptors (Lipinski definition) is 9. The molecule has 1 aliphatic rings. The van der Waals surface area contributed by atoms with Crippen molar-refractivity contribution in [1.82, 2.24) is 0 Å². The Kier molecular flexibility index (Phi) is 6.27. The summed E-state index contributed by atoms with van der Waals surface area (Å²) in [5.41, 5.74) is 3.01. The third-order valence-corrected chi connectivity index (χ3v) is 6.11. The summed E-state index contributed by atoms with van der Waals surface area (Å²) in [6, 6.07) is 0. The zero-order valence-corrected chi connectivity index (χ0v) is 14.8. The average Bonchev–Trinajstić information content (AvgIpc) is 2.48. The van der Waals surface area contributed by atoms with Gasteiger partial charge < -0.3 is 0 Å². The van der Waals surface area contributed by atoms with Gasteiger partial charge in [-0.25, -0.2) is 0 Å². The summed E-state index contributed by atoms with van der Waals surface area (Å²) in [6.07, 6.45) is -6.64. The van der Waals surface area contributed by atoms with Gasteiger partial charge in [-0.1, -0.05) is 0 Å². The Labute approximate surface area is 130 Å². The van der Waals surface area contributed by atoms with Crippen molar-refractivity contribution < 1.29 is 46.1 Å². The van der Waals surface area contributed by atoms with E-state index in [-0.39, 0.29) is 5.21 Å². The number of aliphatic hydroxyl groups excluding tert-OH is 3. The fourth-order valence-electron chi connectivity index (χ4n) is 2.18. The van der Waals surface area contributed by atoms with Crippen molar-refractivity contribution in [2.24, 2.45) is 0 Å². The van der Waals surface area contributed by atoms with Crippen LogP contribution in [0.5, 0.6) is 0 Å². The van der Waals surface area contributed by atoms with E-state index in [4.69, 9.17) is 9.29 Å². The quantitative estimate of drug-likeness (QED) is 0.234. The van der Waals surface area contributed by atoms with E-state index in [2.05, 4.69) is 4.18 Å². The summed E-state index contributed by atoms with van der Waals surface area (Å²) in [5.74, 6) is -2.35. The van der Waals surface area contributed by atoms with Crippen molar-refractivity contribution in [3.05, 3.63) is 0 Å². The van der Waals surface area contributed by atoms with Crippen molar-refractivity contribution in [2.75, 3.05) is 6.61 Å². The molecule has 5 N–H and O–H groups in total. The van der Waals surface area contributed by atoms with E-state index in [1.165, 1.54) is 11.4 Å². The van der Waals surface area contributed by atoms with Gasteiger partial charge in [-0.15, -0.1) is 0 Å². The zero-order chi connectivity index (χ0) is 17.3. The number of rotatable bonds is 7. The molecule has 0 saturated carbocycles. The summed E-state index contributed by atoms with van der Waals surface area (Å²) in [5, 5.41) is 39.4. The molecule has 10 nitrogen and oxygen atoms in total. The molecule has 0 aromatic heterocycles. The van der Waals surface area contributed by atoms with Gasteiger partial charge in [-0.3, -0.25) is 0 Å². The summed E-state index contributed by atoms with van der Waals surface area (Å²) in [7, 11) is -4.76. The summed E-state index contributed by atoms with van der Waals surface area (Å²) < 4.78 is 50.0. The predicted molar refractivity (Wildman–Crippen MR) is 72.9 cm³/mol. The second kappa shape index (κ2) is 6.87. The molecule has 1 aliphatic heterocycles. The Bertz CT molecular complexity index is 530. The van der Waals surface area contributed by atoms with Gasteiger partial charge in [0.1, 0.15) is 0 Å². The third-order valence-electron chi connectivity index (χ3n) is 3.08. The molecule has 0 amide bonds. The zero-order valence-electron chi connectivity index (χ0n) is 12.1. The van der Waals surface area contributed by atoms with Gasteiger partial charge in [0.2, 0.25) is 0 Å². The van der Waals surface area contributed by atoms with Crippen LogP contribution in [0.15, 0.2) is 0 Å². The van der Waals surface area contributed by atoms with Crippen LogP contribution in [0.2, 0.25) is 16.6 Å². The molecule has 0 aliphatic carbocycles. The van der Waals surface area contributed by atoms with E-state index in [1.807, 2.05) is 0 Å². The van der Waals surface area contributed by atoms with Crippen LogP contribution in [-0.4, -0.2) is 83.7 Å². The fraction of sp³-hybridized carbons (Fsp3) is 1.00. The molecule has 0 spiro atoms. The first-order valence-electron chi connectivity index (χ1n) is 6.34. The normalized spacial score (nSPS) is 34.8. The van der Waals surface area contributed by atoms with E-state index < -0.39 is 67.1 Å². The maximum atomic E-state index is 11.8. The second-order valence-corrected chi connectivity index (χ2v) is 14.2. The molecule has 0 aromatic carbocycles. The SMILES string of the molecule is C[As](C)(=O)C[C@H]1O[C@](O)(CC(O)COS(=O)(=O)O)[C@H](O)[C@@H]1O. The molecule has 1 heterocycles. The molecule has 1 saturated heterocycles. The number of aliphatic hydroxyl groups is 4. The molecule has 22 heavy (non-hydrogen) atoms. The first kappa shape index (κ1) is 20.1. The summed E-state index contributed by atoms with van der Waals surface area (Å²) >= 11 is -3.23. The summed E-state index contributed by atoms with van der Waals surface area (Å²) in [4.78, 5) is 0. The Morgan fingerprint density at radius 1 is 1.36 bits per heavy atom. The second-order valence-electron chi connectivity index (χ2n) is 5.76. The standard InChI is InChI=1S/C10H21AsO10S/c1-11(2,16)4-7-8(13)9(14)10(15,21-7)3-6(12)5-20-22(17,18)19/h6-9,12-15H,3-5H2,1-2H3,(H,17,18,19)/t6?,7-,8-,9-,10-/m1/s1. The van der Waals surface area contributed by atoms with Crippen molar-refractivity contribution in [3.63, 3.8) is 0 Å². The van der Waals surface area contributed by atoms with Gasteiger partial charge in [0, 0.05) is 0 Å². The molecule has 5 atom stereocenters. The average molecular weight is 408 g/mol. The van der Waals surface area contributed by atoms with Crippen LogP contribution in [0.1, 0.15) is 6.42 Å². The van der Waals surface area contributed by atoms with Crippen molar-refractivity contribution in [3.8, 4) is 0 Å². The minimum absolute atomic E-state index is 0.0313. The van der Waals surface area contributed by atoms with E-state index in [1.54, 1.807) is 0 Å². The molecule has 1 rings (SSSR count). The Hall–Kier alpha value is 0.0284. The van der Waals surface area contributed by atoms with Crippen LogP contribution in [0.3, 0.4) is 0 Å². The molecular weight excluding hydrogens is 387 g/mol. The monoisotopic (exact) mass is 408 g/mol. The molecular formula is C10H21AsO10S. The summed E-state index contributed by atoms with van der Waals surface area (Å²) in [6.45, 7) is -0.873. The van der Waals surface area contributed by atoms with Crippen LogP contribution in [0, 0.1) is 0 Å². The molecule has 12 heteroatoms. The molecule has 0 aromatic rings. The van der Waals surface area contributed by atoms with Gasteiger partial charge in [-0.05, 0) is 0 Å².